The molecule has 2 rings (SSSR count). The monoisotopic (exact) mass is 306 g/mol. The minimum absolute atomic E-state index is 0.0551. The predicted molar refractivity (Wildman–Crippen MR) is 77.0 cm³/mol. The van der Waals surface area contributed by atoms with Crippen LogP contribution in [0.3, 0.4) is 0 Å². The molecule has 0 aliphatic heterocycles. The topological polar surface area (TPSA) is 82.3 Å². The van der Waals surface area contributed by atoms with E-state index in [1.165, 1.54) is 36.5 Å². The number of pyridine rings is 1. The second kappa shape index (κ2) is 6.32. The van der Waals surface area contributed by atoms with Crippen molar-refractivity contribution in [2.24, 2.45) is 0 Å². The molecule has 0 amide bonds. The van der Waals surface area contributed by atoms with E-state index in [0.29, 0.717) is 12.1 Å². The van der Waals surface area contributed by atoms with Crippen molar-refractivity contribution in [1.29, 1.82) is 0 Å². The van der Waals surface area contributed by atoms with Crippen LogP contribution >= 0.6 is 11.6 Å². The van der Waals surface area contributed by atoms with Crippen molar-refractivity contribution in [3.63, 3.8) is 0 Å². The van der Waals surface area contributed by atoms with Crippen LogP contribution in [0.15, 0.2) is 36.5 Å². The van der Waals surface area contributed by atoms with Gasteiger partial charge in [0.15, 0.2) is 5.78 Å². The number of hydrogen-bond acceptors (Lipinski definition) is 5. The number of para-hydroxylation sites is 1. The average Bonchev–Trinajstić information content (AvgIpc) is 2.49. The fraction of sp³-hybridized carbons (Fsp3) is 0.143. The summed E-state index contributed by atoms with van der Waals surface area (Å²) < 4.78 is 5.42. The highest BCUT2D eigenvalue weighted by Gasteiger charge is 2.19. The van der Waals surface area contributed by atoms with Gasteiger partial charge < -0.3 is 4.74 Å². The summed E-state index contributed by atoms with van der Waals surface area (Å²) in [6.45, 7) is 1.74. The first-order valence-corrected chi connectivity index (χ1v) is 6.50. The summed E-state index contributed by atoms with van der Waals surface area (Å²) in [5.74, 6) is 0.115. The minimum atomic E-state index is -0.580. The number of aromatic nitrogens is 1. The molecule has 7 heteroatoms. The quantitative estimate of drug-likeness (QED) is 0.473. The first kappa shape index (κ1) is 14.9. The number of benzene rings is 1. The van der Waals surface area contributed by atoms with Crippen molar-refractivity contribution in [3.8, 4) is 11.5 Å². The summed E-state index contributed by atoms with van der Waals surface area (Å²) in [5, 5.41) is 11.1. The van der Waals surface area contributed by atoms with Crippen molar-refractivity contribution >= 4 is 23.1 Å². The highest BCUT2D eigenvalue weighted by atomic mass is 35.5. The van der Waals surface area contributed by atoms with Gasteiger partial charge in [-0.25, -0.2) is 4.98 Å². The fourth-order valence-electron chi connectivity index (χ4n) is 1.65. The average molecular weight is 307 g/mol. The van der Waals surface area contributed by atoms with Crippen molar-refractivity contribution in [1.82, 2.24) is 4.98 Å². The van der Waals surface area contributed by atoms with Gasteiger partial charge in [0, 0.05) is 12.5 Å². The van der Waals surface area contributed by atoms with Crippen LogP contribution in [-0.2, 0) is 0 Å². The zero-order valence-electron chi connectivity index (χ0n) is 11.1. The molecular formula is C14H11ClN2O4. The number of nitro groups is 1. The third-order valence-corrected chi connectivity index (χ3v) is 3.00. The number of nitrogens with zero attached hydrogens (tertiary/aromatic N) is 2. The summed E-state index contributed by atoms with van der Waals surface area (Å²) >= 11 is 5.92. The van der Waals surface area contributed by atoms with Crippen LogP contribution in [-0.4, -0.2) is 15.7 Å². The van der Waals surface area contributed by atoms with Crippen molar-refractivity contribution < 1.29 is 14.5 Å². The van der Waals surface area contributed by atoms with E-state index in [9.17, 15) is 14.9 Å². The summed E-state index contributed by atoms with van der Waals surface area (Å²) in [5.41, 5.74) is 0.0784. The number of nitro benzene ring substituents is 1. The number of ether oxygens (including phenoxy) is 1. The van der Waals surface area contributed by atoms with E-state index >= 15 is 0 Å². The van der Waals surface area contributed by atoms with E-state index < -0.39 is 4.92 Å². The lowest BCUT2D eigenvalue weighted by Gasteiger charge is -2.08. The molecule has 1 aromatic carbocycles. The van der Waals surface area contributed by atoms with Crippen LogP contribution in [0.1, 0.15) is 23.8 Å². The molecule has 1 heterocycles. The molecule has 6 nitrogen and oxygen atoms in total. The Kier molecular flexibility index (Phi) is 4.49. The first-order valence-electron chi connectivity index (χ1n) is 6.13. The van der Waals surface area contributed by atoms with E-state index in [1.54, 1.807) is 6.92 Å². The predicted octanol–water partition coefficient (Wildman–Crippen LogP) is 4.03. The molecule has 0 N–H and O–H groups in total. The Balaban J connectivity index is 2.30. The lowest BCUT2D eigenvalue weighted by molar-refractivity contribution is -0.385. The van der Waals surface area contributed by atoms with E-state index in [2.05, 4.69) is 4.98 Å². The lowest BCUT2D eigenvalue weighted by atomic mass is 10.2. The van der Waals surface area contributed by atoms with E-state index in [0.717, 1.165) is 0 Å². The van der Waals surface area contributed by atoms with Gasteiger partial charge in [-0.2, -0.15) is 0 Å². The zero-order chi connectivity index (χ0) is 15.4. The van der Waals surface area contributed by atoms with Crippen LogP contribution in [0.2, 0.25) is 5.02 Å². The van der Waals surface area contributed by atoms with Crippen molar-refractivity contribution in [2.75, 3.05) is 0 Å². The van der Waals surface area contributed by atoms with Gasteiger partial charge in [0.05, 0.1) is 16.1 Å². The van der Waals surface area contributed by atoms with Gasteiger partial charge in [-0.1, -0.05) is 24.6 Å². The standard InChI is InChI=1S/C14H11ClN2O4/c1-2-13(18)11-7-6-9(8-16-11)21-14-10(15)4-3-5-12(14)17(19)20/h3-8H,2H2,1H3. The van der Waals surface area contributed by atoms with E-state index in [1.807, 2.05) is 0 Å². The SMILES string of the molecule is CCC(=O)c1ccc(Oc2c(Cl)cccc2[N+](=O)[O-])cn1. The molecule has 108 valence electrons. The number of halogens is 1. The molecule has 0 aliphatic carbocycles. The van der Waals surface area contributed by atoms with E-state index in [-0.39, 0.29) is 28.0 Å². The highest BCUT2D eigenvalue weighted by molar-refractivity contribution is 6.32. The molecule has 0 bridgehead atoms. The summed E-state index contributed by atoms with van der Waals surface area (Å²) in [6.07, 6.45) is 1.68. The number of ketones is 1. The van der Waals surface area contributed by atoms with Gasteiger partial charge in [-0.3, -0.25) is 14.9 Å². The number of Topliss-reactive ketones (excluding diaryl/α,β-unsaturated/α-hetero) is 1. The van der Waals surface area contributed by atoms with Gasteiger partial charge in [0.2, 0.25) is 5.75 Å². The molecular weight excluding hydrogens is 296 g/mol. The molecule has 0 unspecified atom stereocenters. The smallest absolute Gasteiger partial charge is 0.313 e. The Morgan fingerprint density at radius 2 is 2.14 bits per heavy atom. The Bertz CT molecular complexity index is 686. The molecule has 0 saturated carbocycles. The molecule has 0 radical (unpaired) electrons. The van der Waals surface area contributed by atoms with Gasteiger partial charge in [-0.05, 0) is 18.2 Å². The Morgan fingerprint density at radius 3 is 2.71 bits per heavy atom. The van der Waals surface area contributed by atoms with Gasteiger partial charge in [0.25, 0.3) is 0 Å². The lowest BCUT2D eigenvalue weighted by Crippen LogP contribution is -2.00. The minimum Gasteiger partial charge on any atom is -0.447 e. The molecule has 1 aromatic heterocycles. The molecule has 0 spiro atoms. The molecule has 0 saturated heterocycles. The number of rotatable bonds is 5. The van der Waals surface area contributed by atoms with Crippen LogP contribution in [0.5, 0.6) is 11.5 Å². The molecule has 21 heavy (non-hydrogen) atoms. The Hall–Kier alpha value is -2.47. The van der Waals surface area contributed by atoms with Crippen LogP contribution in [0.4, 0.5) is 5.69 Å². The fourth-order valence-corrected chi connectivity index (χ4v) is 1.85. The van der Waals surface area contributed by atoms with Gasteiger partial charge in [-0.15, -0.1) is 0 Å². The Morgan fingerprint density at radius 1 is 1.38 bits per heavy atom. The van der Waals surface area contributed by atoms with Crippen LogP contribution in [0, 0.1) is 10.1 Å². The molecule has 0 fully saturated rings. The maximum atomic E-state index is 11.5. The van der Waals surface area contributed by atoms with Crippen molar-refractivity contribution in [2.45, 2.75) is 13.3 Å². The second-order valence-electron chi connectivity index (χ2n) is 4.10. The normalized spacial score (nSPS) is 10.2. The molecule has 0 aliphatic rings. The summed E-state index contributed by atoms with van der Waals surface area (Å²) in [7, 11) is 0. The van der Waals surface area contributed by atoms with Gasteiger partial charge >= 0.3 is 5.69 Å². The molecule has 2 aromatic rings. The largest absolute Gasteiger partial charge is 0.447 e. The van der Waals surface area contributed by atoms with Gasteiger partial charge in [0.1, 0.15) is 11.4 Å². The number of carbonyl (C=O) groups excluding carboxylic acids is 1. The zero-order valence-corrected chi connectivity index (χ0v) is 11.8. The van der Waals surface area contributed by atoms with Crippen molar-refractivity contribution in [3.05, 3.63) is 57.4 Å². The number of hydrogen-bond donors (Lipinski definition) is 0. The Labute approximate surface area is 125 Å². The maximum absolute atomic E-state index is 11.5. The first-order chi connectivity index (χ1) is 10.0. The highest BCUT2D eigenvalue weighted by Crippen LogP contribution is 2.37. The summed E-state index contributed by atoms with van der Waals surface area (Å²) in [6, 6.07) is 7.28. The molecule has 0 atom stereocenters. The number of carbonyl (C=O) groups is 1. The maximum Gasteiger partial charge on any atom is 0.313 e. The third kappa shape index (κ3) is 3.35. The third-order valence-electron chi connectivity index (χ3n) is 2.71. The van der Waals surface area contributed by atoms with Crippen LogP contribution < -0.4 is 4.74 Å². The summed E-state index contributed by atoms with van der Waals surface area (Å²) in [4.78, 5) is 25.8. The van der Waals surface area contributed by atoms with Crippen LogP contribution in [0.25, 0.3) is 0 Å². The second-order valence-corrected chi connectivity index (χ2v) is 4.51. The van der Waals surface area contributed by atoms with E-state index in [4.69, 9.17) is 16.3 Å².